The molecule has 3 aromatic rings. The smallest absolute Gasteiger partial charge is 0.238 e. The molecule has 0 aliphatic rings. The molecule has 8 heteroatoms. The van der Waals surface area contributed by atoms with E-state index in [0.717, 1.165) is 11.3 Å². The number of fused-ring (bicyclic) bond motifs is 1. The summed E-state index contributed by atoms with van der Waals surface area (Å²) in [5, 5.41) is 5.70. The highest BCUT2D eigenvalue weighted by Crippen LogP contribution is 2.24. The largest absolute Gasteiger partial charge is 0.281 e. The third-order valence-corrected chi connectivity index (χ3v) is 3.81. The molecule has 7 nitrogen and oxygen atoms in total. The van der Waals surface area contributed by atoms with E-state index in [2.05, 4.69) is 25.9 Å². The summed E-state index contributed by atoms with van der Waals surface area (Å²) in [5.74, 6) is 0.357. The highest BCUT2D eigenvalue weighted by Gasteiger charge is 2.12. The maximum Gasteiger partial charge on any atom is 0.238 e. The number of rotatable bonds is 4. The van der Waals surface area contributed by atoms with E-state index in [1.807, 2.05) is 25.1 Å². The van der Waals surface area contributed by atoms with E-state index in [0.29, 0.717) is 28.3 Å². The van der Waals surface area contributed by atoms with Crippen LogP contribution in [-0.4, -0.2) is 25.7 Å². The minimum absolute atomic E-state index is 0.130. The Hall–Kier alpha value is -2.67. The van der Waals surface area contributed by atoms with Crippen molar-refractivity contribution in [3.05, 3.63) is 41.3 Å². The fourth-order valence-electron chi connectivity index (χ4n) is 2.06. The van der Waals surface area contributed by atoms with E-state index in [4.69, 9.17) is 11.6 Å². The van der Waals surface area contributed by atoms with Crippen LogP contribution in [0.25, 0.3) is 16.7 Å². The summed E-state index contributed by atoms with van der Waals surface area (Å²) >= 11 is 6.18. The number of benzene rings is 1. The van der Waals surface area contributed by atoms with E-state index in [1.54, 1.807) is 17.8 Å². The summed E-state index contributed by atoms with van der Waals surface area (Å²) in [6.07, 6.45) is 3.43. The molecule has 0 unspecified atom stereocenters. The van der Waals surface area contributed by atoms with Crippen LogP contribution < -0.4 is 10.9 Å². The van der Waals surface area contributed by atoms with Crippen molar-refractivity contribution in [3.8, 4) is 5.69 Å². The lowest BCUT2D eigenvalue weighted by Gasteiger charge is -2.08. The summed E-state index contributed by atoms with van der Waals surface area (Å²) in [4.78, 5) is 19.8. The van der Waals surface area contributed by atoms with Gasteiger partial charge >= 0.3 is 0 Å². The van der Waals surface area contributed by atoms with Gasteiger partial charge in [-0.15, -0.1) is 0 Å². The molecule has 0 radical (unpaired) electrons. The van der Waals surface area contributed by atoms with Crippen molar-refractivity contribution in [2.75, 3.05) is 5.43 Å². The first kappa shape index (κ1) is 15.2. The summed E-state index contributed by atoms with van der Waals surface area (Å²) in [6.45, 7) is 3.71. The van der Waals surface area contributed by atoms with Gasteiger partial charge in [0, 0.05) is 11.4 Å². The van der Waals surface area contributed by atoms with Gasteiger partial charge in [-0.05, 0) is 24.6 Å². The van der Waals surface area contributed by atoms with Crippen LogP contribution in [0.2, 0.25) is 5.02 Å². The van der Waals surface area contributed by atoms with E-state index >= 15 is 0 Å². The Labute approximate surface area is 137 Å². The second kappa shape index (κ2) is 6.21. The number of halogens is 1. The molecule has 0 bridgehead atoms. The van der Waals surface area contributed by atoms with Crippen LogP contribution in [0.4, 0.5) is 5.82 Å². The van der Waals surface area contributed by atoms with Gasteiger partial charge in [-0.2, -0.15) is 5.10 Å². The molecule has 2 N–H and O–H groups in total. The highest BCUT2D eigenvalue weighted by atomic mass is 35.5. The zero-order valence-corrected chi connectivity index (χ0v) is 13.4. The van der Waals surface area contributed by atoms with Crippen LogP contribution in [-0.2, 0) is 4.79 Å². The number of aryl methyl sites for hydroxylation is 1. The summed E-state index contributed by atoms with van der Waals surface area (Å²) in [5.41, 5.74) is 7.78. The van der Waals surface area contributed by atoms with Crippen LogP contribution in [0.1, 0.15) is 18.9 Å². The second-order valence-electron chi connectivity index (χ2n) is 4.98. The molecule has 118 valence electrons. The minimum atomic E-state index is -0.130. The number of carbonyl (C=O) groups is 1. The fourth-order valence-corrected chi connectivity index (χ4v) is 2.24. The van der Waals surface area contributed by atoms with E-state index < -0.39 is 0 Å². The Morgan fingerprint density at radius 2 is 2.17 bits per heavy atom. The third-order valence-electron chi connectivity index (χ3n) is 3.41. The fraction of sp³-hybridized carbons (Fsp3) is 0.200. The van der Waals surface area contributed by atoms with Gasteiger partial charge in [0.25, 0.3) is 0 Å². The van der Waals surface area contributed by atoms with Gasteiger partial charge in [0.2, 0.25) is 5.91 Å². The molecule has 2 heterocycles. The Balaban J connectivity index is 2.00. The van der Waals surface area contributed by atoms with Crippen molar-refractivity contribution in [3.63, 3.8) is 0 Å². The van der Waals surface area contributed by atoms with Crippen LogP contribution in [0.15, 0.2) is 30.7 Å². The van der Waals surface area contributed by atoms with Crippen molar-refractivity contribution in [2.45, 2.75) is 20.3 Å². The molecule has 0 atom stereocenters. The van der Waals surface area contributed by atoms with Crippen molar-refractivity contribution < 1.29 is 4.79 Å². The highest BCUT2D eigenvalue weighted by molar-refractivity contribution is 6.31. The van der Waals surface area contributed by atoms with Gasteiger partial charge in [0.05, 0.1) is 17.3 Å². The monoisotopic (exact) mass is 330 g/mol. The molecule has 0 aliphatic carbocycles. The summed E-state index contributed by atoms with van der Waals surface area (Å²) in [7, 11) is 0. The number of hydrogen-bond acceptors (Lipinski definition) is 5. The Kier molecular flexibility index (Phi) is 4.12. The van der Waals surface area contributed by atoms with E-state index in [1.165, 1.54) is 6.33 Å². The van der Waals surface area contributed by atoms with E-state index in [9.17, 15) is 4.79 Å². The van der Waals surface area contributed by atoms with Gasteiger partial charge in [0.15, 0.2) is 11.5 Å². The lowest BCUT2D eigenvalue weighted by atomic mass is 10.2. The lowest BCUT2D eigenvalue weighted by Crippen LogP contribution is -2.29. The molecule has 1 amide bonds. The van der Waals surface area contributed by atoms with Crippen molar-refractivity contribution in [1.82, 2.24) is 25.2 Å². The normalized spacial score (nSPS) is 10.7. The molecular weight excluding hydrogens is 316 g/mol. The van der Waals surface area contributed by atoms with Crippen molar-refractivity contribution in [1.29, 1.82) is 0 Å². The first-order valence-electron chi connectivity index (χ1n) is 7.10. The number of amides is 1. The van der Waals surface area contributed by atoms with E-state index in [-0.39, 0.29) is 5.91 Å². The van der Waals surface area contributed by atoms with Crippen LogP contribution in [0.3, 0.4) is 0 Å². The Morgan fingerprint density at radius 1 is 1.35 bits per heavy atom. The Bertz CT molecular complexity index is 876. The minimum Gasteiger partial charge on any atom is -0.281 e. The van der Waals surface area contributed by atoms with Gasteiger partial charge in [-0.1, -0.05) is 24.6 Å². The quantitative estimate of drug-likeness (QED) is 0.718. The molecule has 2 aromatic heterocycles. The number of anilines is 1. The number of aromatic nitrogens is 4. The van der Waals surface area contributed by atoms with Crippen molar-refractivity contribution in [2.24, 2.45) is 0 Å². The van der Waals surface area contributed by atoms with Gasteiger partial charge < -0.3 is 0 Å². The third kappa shape index (κ3) is 2.95. The summed E-state index contributed by atoms with van der Waals surface area (Å²) in [6, 6.07) is 5.67. The molecule has 1 aromatic carbocycles. The standard InChI is InChI=1S/C15H15ClN6O/c1-3-13(23)20-21-14-11-7-19-22(15(11)18-8-17-14)10-5-4-9(2)12(16)6-10/h4-8H,3H2,1-2H3,(H,20,23)(H,17,18,21). The zero-order valence-electron chi connectivity index (χ0n) is 12.7. The number of hydrogen-bond donors (Lipinski definition) is 2. The first-order chi connectivity index (χ1) is 11.1. The molecule has 0 aliphatic heterocycles. The van der Waals surface area contributed by atoms with Crippen LogP contribution in [0, 0.1) is 6.92 Å². The molecule has 0 saturated heterocycles. The number of hydrazine groups is 1. The average Bonchev–Trinajstić information content (AvgIpc) is 2.99. The maximum atomic E-state index is 11.4. The molecule has 0 spiro atoms. The number of nitrogens with one attached hydrogen (secondary N) is 2. The van der Waals surface area contributed by atoms with Gasteiger partial charge in [-0.25, -0.2) is 14.6 Å². The summed E-state index contributed by atoms with van der Waals surface area (Å²) < 4.78 is 1.68. The predicted molar refractivity (Wildman–Crippen MR) is 88.5 cm³/mol. The SMILES string of the molecule is CCC(=O)NNc1ncnc2c1cnn2-c1ccc(C)c(Cl)c1. The van der Waals surface area contributed by atoms with Crippen LogP contribution in [0.5, 0.6) is 0 Å². The molecular formula is C15H15ClN6O. The lowest BCUT2D eigenvalue weighted by molar-refractivity contribution is -0.120. The van der Waals surface area contributed by atoms with Gasteiger partial charge in [-0.3, -0.25) is 15.6 Å². The number of carbonyl (C=O) groups excluding carboxylic acids is 1. The average molecular weight is 331 g/mol. The van der Waals surface area contributed by atoms with Crippen LogP contribution >= 0.6 is 11.6 Å². The molecule has 0 saturated carbocycles. The predicted octanol–water partition coefficient (Wildman–Crippen LogP) is 2.63. The Morgan fingerprint density at radius 3 is 2.91 bits per heavy atom. The topological polar surface area (TPSA) is 84.7 Å². The second-order valence-corrected chi connectivity index (χ2v) is 5.38. The van der Waals surface area contributed by atoms with Gasteiger partial charge in [0.1, 0.15) is 6.33 Å². The van der Waals surface area contributed by atoms with Crippen molar-refractivity contribution >= 4 is 34.4 Å². The zero-order chi connectivity index (χ0) is 16.4. The molecule has 23 heavy (non-hydrogen) atoms. The number of nitrogens with zero attached hydrogens (tertiary/aromatic N) is 4. The first-order valence-corrected chi connectivity index (χ1v) is 7.48. The maximum absolute atomic E-state index is 11.4. The molecule has 0 fully saturated rings. The molecule has 3 rings (SSSR count).